The maximum absolute atomic E-state index is 14.4. The molecule has 2 bridgehead atoms. The fourth-order valence-electron chi connectivity index (χ4n) is 8.45. The van der Waals surface area contributed by atoms with E-state index in [-0.39, 0.29) is 53.1 Å². The van der Waals surface area contributed by atoms with Crippen molar-refractivity contribution < 1.29 is 14.3 Å². The number of epoxide rings is 1. The molecule has 6 heteroatoms. The third-order valence-electron chi connectivity index (χ3n) is 10.5. The van der Waals surface area contributed by atoms with Crippen LogP contribution in [0.1, 0.15) is 52.5 Å². The van der Waals surface area contributed by atoms with E-state index in [0.717, 1.165) is 29.6 Å². The number of hydrogen-bond donors (Lipinski definition) is 2. The van der Waals surface area contributed by atoms with Crippen LogP contribution in [0.3, 0.4) is 0 Å². The first-order chi connectivity index (χ1) is 18.2. The van der Waals surface area contributed by atoms with E-state index in [4.69, 9.17) is 9.73 Å². The lowest BCUT2D eigenvalue weighted by Gasteiger charge is -2.47. The van der Waals surface area contributed by atoms with Gasteiger partial charge in [-0.05, 0) is 68.6 Å². The van der Waals surface area contributed by atoms with Crippen LogP contribution in [0.2, 0.25) is 0 Å². The number of fused-ring (bicyclic) bond motifs is 4. The number of ketones is 1. The van der Waals surface area contributed by atoms with Gasteiger partial charge >= 0.3 is 0 Å². The van der Waals surface area contributed by atoms with Gasteiger partial charge in [-0.1, -0.05) is 50.3 Å². The summed E-state index contributed by atoms with van der Waals surface area (Å²) in [7, 11) is 0. The number of nitrogens with one attached hydrogen (secondary N) is 2. The molecule has 1 saturated carbocycles. The van der Waals surface area contributed by atoms with E-state index in [1.807, 2.05) is 13.0 Å². The fourth-order valence-corrected chi connectivity index (χ4v) is 8.45. The third kappa shape index (κ3) is 3.19. The van der Waals surface area contributed by atoms with E-state index in [9.17, 15) is 9.59 Å². The van der Waals surface area contributed by atoms with Gasteiger partial charge < -0.3 is 15.0 Å². The lowest BCUT2D eigenvalue weighted by Crippen LogP contribution is -2.58. The number of rotatable bonds is 2. The molecule has 5 heterocycles. The summed E-state index contributed by atoms with van der Waals surface area (Å²) in [6, 6.07) is 7.92. The minimum atomic E-state index is -0.789. The number of ether oxygens (including phenoxy) is 1. The lowest BCUT2D eigenvalue weighted by molar-refractivity contribution is -0.128. The Bertz CT molecular complexity index is 1430. The van der Waals surface area contributed by atoms with Crippen molar-refractivity contribution >= 4 is 28.3 Å². The summed E-state index contributed by atoms with van der Waals surface area (Å²) >= 11 is 0. The molecule has 1 aliphatic carbocycles. The zero-order valence-electron chi connectivity index (χ0n) is 22.7. The highest BCUT2D eigenvalue weighted by Gasteiger charge is 2.77. The third-order valence-corrected chi connectivity index (χ3v) is 10.5. The number of amides is 1. The molecule has 38 heavy (non-hydrogen) atoms. The summed E-state index contributed by atoms with van der Waals surface area (Å²) < 4.78 is 6.50. The van der Waals surface area contributed by atoms with Gasteiger partial charge in [-0.3, -0.25) is 14.6 Å². The van der Waals surface area contributed by atoms with Crippen molar-refractivity contribution in [3.05, 3.63) is 59.8 Å². The van der Waals surface area contributed by atoms with Crippen LogP contribution in [0, 0.1) is 29.1 Å². The molecular weight excluding hydrogens is 474 g/mol. The number of carbonyl (C=O) groups excluding carboxylic acids is 2. The van der Waals surface area contributed by atoms with Crippen molar-refractivity contribution in [2.75, 3.05) is 0 Å². The van der Waals surface area contributed by atoms with Crippen LogP contribution in [0.5, 0.6) is 0 Å². The molecule has 2 saturated heterocycles. The predicted octanol–water partition coefficient (Wildman–Crippen LogP) is 4.95. The number of H-pyrrole nitrogens is 1. The van der Waals surface area contributed by atoms with E-state index in [1.54, 1.807) is 0 Å². The van der Waals surface area contributed by atoms with Crippen LogP contribution in [0.25, 0.3) is 10.9 Å². The van der Waals surface area contributed by atoms with E-state index < -0.39 is 11.5 Å². The fraction of sp³-hybridized carbons (Fsp3) is 0.531. The quantitative estimate of drug-likeness (QED) is 0.442. The molecule has 5 aliphatic rings. The summed E-state index contributed by atoms with van der Waals surface area (Å²) in [5.41, 5.74) is 2.98. The first kappa shape index (κ1) is 24.1. The molecule has 1 amide bonds. The normalized spacial score (nSPS) is 44.1. The molecule has 6 nitrogen and oxygen atoms in total. The molecule has 0 radical (unpaired) electrons. The van der Waals surface area contributed by atoms with Gasteiger partial charge in [0.25, 0.3) is 0 Å². The highest BCUT2D eigenvalue weighted by Crippen LogP contribution is 2.66. The van der Waals surface area contributed by atoms with E-state index in [1.165, 1.54) is 10.9 Å². The second-order valence-corrected chi connectivity index (χ2v) is 12.6. The summed E-state index contributed by atoms with van der Waals surface area (Å²) in [5, 5.41) is 4.68. The second-order valence-electron chi connectivity index (χ2n) is 12.6. The SMILES string of the molecule is C/C1=C/[C@@H](C)C/C=C\[C@H]2[C@@H]3O[C@]3(C)[C@@H](C)[C@H]3C(Cc4c[nH]c5ccccc45)NC(=O)[C@]32C2=N[C@@H](CC2)C1=O. The minimum Gasteiger partial charge on any atom is -0.365 e. The van der Waals surface area contributed by atoms with Gasteiger partial charge in [-0.15, -0.1) is 0 Å². The highest BCUT2D eigenvalue weighted by atomic mass is 16.6. The molecule has 2 aromatic rings. The van der Waals surface area contributed by atoms with Crippen molar-refractivity contribution in [2.45, 2.75) is 77.2 Å². The van der Waals surface area contributed by atoms with Crippen molar-refractivity contribution in [1.29, 1.82) is 0 Å². The van der Waals surface area contributed by atoms with Crippen LogP contribution >= 0.6 is 0 Å². The second kappa shape index (κ2) is 8.25. The van der Waals surface area contributed by atoms with Gasteiger partial charge in [-0.2, -0.15) is 0 Å². The van der Waals surface area contributed by atoms with Crippen molar-refractivity contribution in [1.82, 2.24) is 10.3 Å². The monoisotopic (exact) mass is 511 g/mol. The Kier molecular flexibility index (Phi) is 5.23. The molecule has 9 atom stereocenters. The Morgan fingerprint density at radius 3 is 2.84 bits per heavy atom. The molecule has 198 valence electrons. The largest absolute Gasteiger partial charge is 0.365 e. The zero-order chi connectivity index (χ0) is 26.4. The molecular formula is C32H37N3O3. The zero-order valence-corrected chi connectivity index (χ0v) is 22.7. The number of benzene rings is 1. The summed E-state index contributed by atoms with van der Waals surface area (Å²) in [5.74, 6) is 0.503. The number of carbonyl (C=O) groups is 2. The molecule has 1 unspecified atom stereocenters. The summed E-state index contributed by atoms with van der Waals surface area (Å²) in [4.78, 5) is 36.3. The van der Waals surface area contributed by atoms with Crippen LogP contribution in [-0.2, 0) is 20.7 Å². The van der Waals surface area contributed by atoms with Crippen molar-refractivity contribution in [3.63, 3.8) is 0 Å². The lowest BCUT2D eigenvalue weighted by atomic mass is 9.51. The van der Waals surface area contributed by atoms with E-state index >= 15 is 0 Å². The van der Waals surface area contributed by atoms with Crippen molar-refractivity contribution in [2.24, 2.45) is 34.1 Å². The number of nitrogens with zero attached hydrogens (tertiary/aromatic N) is 1. The van der Waals surface area contributed by atoms with E-state index in [0.29, 0.717) is 12.8 Å². The van der Waals surface area contributed by atoms with Gasteiger partial charge in [0.05, 0.1) is 11.7 Å². The number of allylic oxidation sites excluding steroid dienone is 2. The maximum atomic E-state index is 14.4. The Morgan fingerprint density at radius 2 is 2.00 bits per heavy atom. The molecule has 2 N–H and O–H groups in total. The summed E-state index contributed by atoms with van der Waals surface area (Å²) in [6.45, 7) is 8.55. The minimum absolute atomic E-state index is 0.0180. The topological polar surface area (TPSA) is 86.8 Å². The number of aromatic amines is 1. The van der Waals surface area contributed by atoms with Crippen LogP contribution in [0.4, 0.5) is 0 Å². The van der Waals surface area contributed by atoms with Crippen molar-refractivity contribution in [3.8, 4) is 0 Å². The van der Waals surface area contributed by atoms with Crippen LogP contribution in [-0.4, -0.2) is 46.2 Å². The Morgan fingerprint density at radius 1 is 1.18 bits per heavy atom. The maximum Gasteiger partial charge on any atom is 0.233 e. The first-order valence-corrected chi connectivity index (χ1v) is 14.3. The number of hydrogen-bond acceptors (Lipinski definition) is 4. The van der Waals surface area contributed by atoms with Gasteiger partial charge in [0.2, 0.25) is 5.91 Å². The van der Waals surface area contributed by atoms with Crippen LogP contribution in [0.15, 0.2) is 59.3 Å². The van der Waals surface area contributed by atoms with E-state index in [2.05, 4.69) is 73.7 Å². The van der Waals surface area contributed by atoms with Crippen LogP contribution < -0.4 is 5.32 Å². The predicted molar refractivity (Wildman–Crippen MR) is 148 cm³/mol. The average molecular weight is 512 g/mol. The van der Waals surface area contributed by atoms with Gasteiger partial charge in [0.15, 0.2) is 5.78 Å². The number of aromatic nitrogens is 1. The number of Topliss-reactive ketones (excluding diaryl/α,β-unsaturated/α-hetero) is 1. The van der Waals surface area contributed by atoms with Gasteiger partial charge in [0.1, 0.15) is 11.5 Å². The van der Waals surface area contributed by atoms with Gasteiger partial charge in [0, 0.05) is 40.7 Å². The molecule has 1 aromatic carbocycles. The Labute approximate surface area is 224 Å². The number of aliphatic imine (C=N–C) groups is 1. The highest BCUT2D eigenvalue weighted by molar-refractivity contribution is 6.14. The molecule has 7 rings (SSSR count). The Hall–Kier alpha value is -2.99. The smallest absolute Gasteiger partial charge is 0.233 e. The summed E-state index contributed by atoms with van der Waals surface area (Å²) in [6.07, 6.45) is 11.6. The Balaban J connectivity index is 1.37. The number of para-hydroxylation sites is 1. The first-order valence-electron chi connectivity index (χ1n) is 14.3. The average Bonchev–Trinajstić information content (AvgIpc) is 3.23. The molecule has 1 spiro atoms. The molecule has 4 aliphatic heterocycles. The molecule has 3 fully saturated rings. The van der Waals surface area contributed by atoms with Gasteiger partial charge in [-0.25, -0.2) is 0 Å². The molecule has 1 aromatic heterocycles. The standard InChI is InChI=1S/C32H37N3O3/c1-17-8-7-10-22-29-31(4,38-29)19(3)27-25(15-20-16-33-23-11-6-5-9-21(20)23)35-30(37)32(22,27)26-13-12-24(34-26)28(36)18(2)14-17/h5-7,9-11,14,16-17,19,22,24-25,27,29,33H,8,12-13,15H2,1-4H3,(H,35,37)/b10-7-,18-14-/t17-,19-,22-,24-,25?,27-,29-,31+,32+/m0/s1.